The molecule has 0 bridgehead atoms. The fourth-order valence-electron chi connectivity index (χ4n) is 4.02. The first kappa shape index (κ1) is 19.9. The zero-order valence-corrected chi connectivity index (χ0v) is 17.5. The van der Waals surface area contributed by atoms with Gasteiger partial charge in [0.2, 0.25) is 11.9 Å². The van der Waals surface area contributed by atoms with Gasteiger partial charge in [0.25, 0.3) is 0 Å². The third-order valence-corrected chi connectivity index (χ3v) is 5.92. The molecule has 9 heteroatoms. The van der Waals surface area contributed by atoms with Crippen molar-refractivity contribution in [3.05, 3.63) is 54.4 Å². The van der Waals surface area contributed by atoms with E-state index >= 15 is 0 Å². The molecule has 4 heterocycles. The Labute approximate surface area is 182 Å². The summed E-state index contributed by atoms with van der Waals surface area (Å²) in [4.78, 5) is 12.9. The summed E-state index contributed by atoms with van der Waals surface area (Å²) in [5, 5.41) is 7.73. The highest BCUT2D eigenvalue weighted by Gasteiger charge is 2.29. The highest BCUT2D eigenvalue weighted by atomic mass is 19.1. The van der Waals surface area contributed by atoms with Gasteiger partial charge in [-0.1, -0.05) is 6.92 Å². The Morgan fingerprint density at radius 2 is 1.94 bits per heavy atom. The lowest BCUT2D eigenvalue weighted by Crippen LogP contribution is -2.56. The van der Waals surface area contributed by atoms with Crippen LogP contribution in [-0.2, 0) is 11.2 Å². The molecule has 164 valence electrons. The SMILES string of the molecule is CCc1cc(Nc2ncn(-c3ccnc(F)c3)n2)cc(N2CCN(C3COC3)CC2)c1.[HH]. The molecule has 2 saturated heterocycles. The summed E-state index contributed by atoms with van der Waals surface area (Å²) in [7, 11) is 0. The summed E-state index contributed by atoms with van der Waals surface area (Å²) < 4.78 is 20.3. The Morgan fingerprint density at radius 1 is 1.10 bits per heavy atom. The number of halogens is 1. The molecule has 0 saturated carbocycles. The molecule has 2 aromatic heterocycles. The number of rotatable bonds is 6. The Morgan fingerprint density at radius 3 is 2.65 bits per heavy atom. The van der Waals surface area contributed by atoms with Crippen LogP contribution >= 0.6 is 0 Å². The molecule has 5 rings (SSSR count). The molecule has 0 atom stereocenters. The van der Waals surface area contributed by atoms with E-state index in [9.17, 15) is 4.39 Å². The molecule has 31 heavy (non-hydrogen) atoms. The van der Waals surface area contributed by atoms with Crippen LogP contribution in [0.5, 0.6) is 0 Å². The minimum absolute atomic E-state index is 0. The molecular formula is C22H28FN7O. The van der Waals surface area contributed by atoms with Crippen LogP contribution in [0.4, 0.5) is 21.7 Å². The van der Waals surface area contributed by atoms with Gasteiger partial charge in [0.05, 0.1) is 24.9 Å². The summed E-state index contributed by atoms with van der Waals surface area (Å²) in [5.41, 5.74) is 3.99. The first-order valence-corrected chi connectivity index (χ1v) is 10.7. The van der Waals surface area contributed by atoms with Gasteiger partial charge in [-0.15, -0.1) is 5.10 Å². The van der Waals surface area contributed by atoms with Crippen LogP contribution in [0.1, 0.15) is 13.9 Å². The van der Waals surface area contributed by atoms with Crippen LogP contribution in [0.15, 0.2) is 42.9 Å². The number of aromatic nitrogens is 4. The van der Waals surface area contributed by atoms with Crippen molar-refractivity contribution in [3.8, 4) is 5.69 Å². The second kappa shape index (κ2) is 8.60. The molecule has 0 spiro atoms. The lowest BCUT2D eigenvalue weighted by atomic mass is 10.1. The average molecular weight is 426 g/mol. The molecule has 2 aliphatic heterocycles. The highest BCUT2D eigenvalue weighted by molar-refractivity contribution is 5.64. The van der Waals surface area contributed by atoms with E-state index in [-0.39, 0.29) is 1.43 Å². The summed E-state index contributed by atoms with van der Waals surface area (Å²) >= 11 is 0. The van der Waals surface area contributed by atoms with E-state index in [1.165, 1.54) is 28.2 Å². The molecule has 1 N–H and O–H groups in total. The summed E-state index contributed by atoms with van der Waals surface area (Å²) in [6.45, 7) is 8.01. The van der Waals surface area contributed by atoms with E-state index in [1.54, 1.807) is 12.4 Å². The second-order valence-corrected chi connectivity index (χ2v) is 7.93. The maximum atomic E-state index is 13.4. The maximum absolute atomic E-state index is 13.4. The Hall–Kier alpha value is -3.04. The number of nitrogens with one attached hydrogen (secondary N) is 1. The van der Waals surface area contributed by atoms with Gasteiger partial charge >= 0.3 is 0 Å². The van der Waals surface area contributed by atoms with Crippen LogP contribution in [0.25, 0.3) is 5.69 Å². The lowest BCUT2D eigenvalue weighted by Gasteiger charge is -2.43. The van der Waals surface area contributed by atoms with Crippen molar-refractivity contribution in [1.29, 1.82) is 0 Å². The summed E-state index contributed by atoms with van der Waals surface area (Å²) in [6, 6.07) is 10.1. The molecule has 0 amide bonds. The monoisotopic (exact) mass is 425 g/mol. The number of piperazine rings is 1. The molecule has 0 radical (unpaired) electrons. The third kappa shape index (κ3) is 4.38. The second-order valence-electron chi connectivity index (χ2n) is 7.93. The van der Waals surface area contributed by atoms with Crippen LogP contribution in [0.2, 0.25) is 0 Å². The number of hydrogen-bond acceptors (Lipinski definition) is 7. The van der Waals surface area contributed by atoms with Gasteiger partial charge in [-0.2, -0.15) is 9.37 Å². The molecule has 2 aliphatic rings. The number of ether oxygens (including phenoxy) is 1. The van der Waals surface area contributed by atoms with Gasteiger partial charge in [-0.3, -0.25) is 4.90 Å². The molecular weight excluding hydrogens is 397 g/mol. The Balaban J connectivity index is 0.00000245. The van der Waals surface area contributed by atoms with Gasteiger partial charge < -0.3 is 15.0 Å². The molecule has 0 unspecified atom stereocenters. The molecule has 1 aromatic carbocycles. The molecule has 8 nitrogen and oxygen atoms in total. The van der Waals surface area contributed by atoms with Crippen molar-refractivity contribution in [2.45, 2.75) is 19.4 Å². The van der Waals surface area contributed by atoms with Crippen LogP contribution in [-0.4, -0.2) is 70.1 Å². The van der Waals surface area contributed by atoms with Crippen molar-refractivity contribution in [2.75, 3.05) is 49.6 Å². The zero-order chi connectivity index (χ0) is 21.2. The minimum atomic E-state index is -0.548. The normalized spacial score (nSPS) is 17.5. The summed E-state index contributed by atoms with van der Waals surface area (Å²) in [5.74, 6) is -0.0843. The summed E-state index contributed by atoms with van der Waals surface area (Å²) in [6.07, 6.45) is 3.92. The van der Waals surface area contributed by atoms with E-state index in [4.69, 9.17) is 4.74 Å². The van der Waals surface area contributed by atoms with Crippen molar-refractivity contribution in [1.82, 2.24) is 24.6 Å². The fraction of sp³-hybridized carbons (Fsp3) is 0.409. The minimum Gasteiger partial charge on any atom is -0.378 e. The highest BCUT2D eigenvalue weighted by Crippen LogP contribution is 2.26. The Kier molecular flexibility index (Phi) is 5.52. The maximum Gasteiger partial charge on any atom is 0.246 e. The van der Waals surface area contributed by atoms with Crippen molar-refractivity contribution < 1.29 is 10.6 Å². The topological polar surface area (TPSA) is 71.3 Å². The van der Waals surface area contributed by atoms with E-state index < -0.39 is 5.95 Å². The quantitative estimate of drug-likeness (QED) is 0.609. The van der Waals surface area contributed by atoms with Crippen molar-refractivity contribution in [2.24, 2.45) is 0 Å². The van der Waals surface area contributed by atoms with Gasteiger partial charge in [-0.05, 0) is 36.2 Å². The van der Waals surface area contributed by atoms with E-state index in [1.807, 2.05) is 0 Å². The zero-order valence-electron chi connectivity index (χ0n) is 17.5. The molecule has 2 fully saturated rings. The first-order chi connectivity index (χ1) is 15.2. The fourth-order valence-corrected chi connectivity index (χ4v) is 4.02. The van der Waals surface area contributed by atoms with Crippen molar-refractivity contribution in [3.63, 3.8) is 0 Å². The smallest absolute Gasteiger partial charge is 0.246 e. The number of pyridine rings is 1. The molecule has 0 aliphatic carbocycles. The van der Waals surface area contributed by atoms with E-state index in [0.29, 0.717) is 17.7 Å². The van der Waals surface area contributed by atoms with E-state index in [2.05, 4.69) is 55.3 Å². The third-order valence-electron chi connectivity index (χ3n) is 5.92. The van der Waals surface area contributed by atoms with E-state index in [0.717, 1.165) is 51.5 Å². The predicted octanol–water partition coefficient (Wildman–Crippen LogP) is 2.87. The Bertz CT molecular complexity index is 1050. The largest absolute Gasteiger partial charge is 0.378 e. The van der Waals surface area contributed by atoms with Gasteiger partial charge in [-0.25, -0.2) is 9.67 Å². The number of aryl methyl sites for hydroxylation is 1. The van der Waals surface area contributed by atoms with Gasteiger partial charge in [0.1, 0.15) is 6.33 Å². The van der Waals surface area contributed by atoms with Crippen LogP contribution < -0.4 is 10.2 Å². The molecule has 3 aromatic rings. The van der Waals surface area contributed by atoms with Crippen molar-refractivity contribution >= 4 is 17.3 Å². The average Bonchev–Trinajstić information content (AvgIpc) is 3.21. The number of anilines is 3. The first-order valence-electron chi connectivity index (χ1n) is 10.7. The predicted molar refractivity (Wildman–Crippen MR) is 119 cm³/mol. The number of benzene rings is 1. The standard InChI is InChI=1S/C22H26FN7O.H2/c1-2-16-9-17(26-22-25-15-30(27-22)18-3-4-24-21(23)12-18)11-19(10-16)28-5-7-29(8-6-28)20-13-31-14-20;/h3-4,9-12,15,20H,2,5-8,13-14H2,1H3,(H,26,27);1H. The van der Waals surface area contributed by atoms with Crippen LogP contribution in [0.3, 0.4) is 0 Å². The number of hydrogen-bond donors (Lipinski definition) is 1. The van der Waals surface area contributed by atoms with Gasteiger partial charge in [0, 0.05) is 51.2 Å². The number of nitrogens with zero attached hydrogens (tertiary/aromatic N) is 6. The van der Waals surface area contributed by atoms with Gasteiger partial charge in [0.15, 0.2) is 0 Å². The lowest BCUT2D eigenvalue weighted by molar-refractivity contribution is -0.0660. The van der Waals surface area contributed by atoms with Crippen LogP contribution in [0, 0.1) is 5.95 Å².